The Hall–Kier alpha value is -1.43. The molecule has 2 aromatic rings. The number of hydrogen-bond donors (Lipinski definition) is 2. The second-order valence-corrected chi connectivity index (χ2v) is 4.21. The smallest absolute Gasteiger partial charge is 0.0643 e. The van der Waals surface area contributed by atoms with Crippen LogP contribution < -0.4 is 11.3 Å². The standard InChI is InChI=1S/C11H14ClN5/c1-17-5-3-8(16-17)6-11(15-13)9-2-4-14-7-10(9)12/h2-5,7,11,15H,6,13H2,1H3. The van der Waals surface area contributed by atoms with Crippen molar-refractivity contribution in [2.24, 2.45) is 12.9 Å². The molecule has 0 fully saturated rings. The van der Waals surface area contributed by atoms with Gasteiger partial charge in [-0.3, -0.25) is 20.9 Å². The minimum atomic E-state index is -0.0691. The van der Waals surface area contributed by atoms with Gasteiger partial charge in [-0.25, -0.2) is 0 Å². The molecule has 3 N–H and O–H groups in total. The third kappa shape index (κ3) is 2.82. The minimum absolute atomic E-state index is 0.0691. The van der Waals surface area contributed by atoms with E-state index in [4.69, 9.17) is 17.4 Å². The second kappa shape index (κ2) is 5.27. The van der Waals surface area contributed by atoms with Crippen molar-refractivity contribution in [1.29, 1.82) is 0 Å². The van der Waals surface area contributed by atoms with Gasteiger partial charge in [-0.15, -0.1) is 0 Å². The zero-order valence-electron chi connectivity index (χ0n) is 9.47. The Labute approximate surface area is 105 Å². The number of hydrogen-bond acceptors (Lipinski definition) is 4. The molecule has 0 spiro atoms. The Kier molecular flexibility index (Phi) is 3.73. The highest BCUT2D eigenvalue weighted by molar-refractivity contribution is 6.31. The quantitative estimate of drug-likeness (QED) is 0.633. The van der Waals surface area contributed by atoms with Crippen LogP contribution in [0.1, 0.15) is 17.3 Å². The van der Waals surface area contributed by atoms with Crippen LogP contribution in [0.3, 0.4) is 0 Å². The molecule has 0 saturated carbocycles. The van der Waals surface area contributed by atoms with Gasteiger partial charge in [0, 0.05) is 32.1 Å². The Morgan fingerprint density at radius 3 is 2.94 bits per heavy atom. The summed E-state index contributed by atoms with van der Waals surface area (Å²) in [6.45, 7) is 0. The van der Waals surface area contributed by atoms with E-state index < -0.39 is 0 Å². The van der Waals surface area contributed by atoms with Crippen LogP contribution in [0.4, 0.5) is 0 Å². The molecule has 90 valence electrons. The van der Waals surface area contributed by atoms with E-state index in [1.807, 2.05) is 25.4 Å². The van der Waals surface area contributed by atoms with Crippen molar-refractivity contribution in [2.45, 2.75) is 12.5 Å². The van der Waals surface area contributed by atoms with Gasteiger partial charge < -0.3 is 0 Å². The second-order valence-electron chi connectivity index (χ2n) is 3.80. The van der Waals surface area contributed by atoms with E-state index in [1.54, 1.807) is 17.1 Å². The first kappa shape index (κ1) is 12.0. The van der Waals surface area contributed by atoms with E-state index in [0.29, 0.717) is 11.4 Å². The fraction of sp³-hybridized carbons (Fsp3) is 0.273. The van der Waals surface area contributed by atoms with Crippen LogP contribution in [0, 0.1) is 0 Å². The summed E-state index contributed by atoms with van der Waals surface area (Å²) >= 11 is 6.09. The van der Waals surface area contributed by atoms with Gasteiger partial charge in [-0.05, 0) is 17.7 Å². The van der Waals surface area contributed by atoms with Gasteiger partial charge in [0.05, 0.1) is 16.8 Å². The Morgan fingerprint density at radius 2 is 2.35 bits per heavy atom. The summed E-state index contributed by atoms with van der Waals surface area (Å²) in [5.41, 5.74) is 4.64. The van der Waals surface area contributed by atoms with E-state index in [1.165, 1.54) is 0 Å². The number of aryl methyl sites for hydroxylation is 1. The van der Waals surface area contributed by atoms with Crippen molar-refractivity contribution in [3.8, 4) is 0 Å². The molecule has 2 heterocycles. The zero-order chi connectivity index (χ0) is 12.3. The van der Waals surface area contributed by atoms with Crippen LogP contribution in [0.2, 0.25) is 5.02 Å². The van der Waals surface area contributed by atoms with Crippen LogP contribution >= 0.6 is 11.6 Å². The first-order valence-electron chi connectivity index (χ1n) is 5.24. The molecule has 17 heavy (non-hydrogen) atoms. The first-order chi connectivity index (χ1) is 8.20. The summed E-state index contributed by atoms with van der Waals surface area (Å²) in [5, 5.41) is 4.92. The predicted octanol–water partition coefficient (Wildman–Crippen LogP) is 1.22. The van der Waals surface area contributed by atoms with E-state index in [-0.39, 0.29) is 6.04 Å². The van der Waals surface area contributed by atoms with Gasteiger partial charge in [0.15, 0.2) is 0 Å². The van der Waals surface area contributed by atoms with Gasteiger partial charge in [-0.2, -0.15) is 5.10 Å². The van der Waals surface area contributed by atoms with Crippen LogP contribution in [-0.2, 0) is 13.5 Å². The molecule has 0 radical (unpaired) electrons. The number of hydrazine groups is 1. The Bertz CT molecular complexity index is 496. The highest BCUT2D eigenvalue weighted by Gasteiger charge is 2.15. The highest BCUT2D eigenvalue weighted by atomic mass is 35.5. The molecule has 1 atom stereocenters. The van der Waals surface area contributed by atoms with Gasteiger partial charge in [-0.1, -0.05) is 11.6 Å². The van der Waals surface area contributed by atoms with Crippen LogP contribution in [0.25, 0.3) is 0 Å². The molecular formula is C11H14ClN5. The van der Waals surface area contributed by atoms with Crippen molar-refractivity contribution >= 4 is 11.6 Å². The lowest BCUT2D eigenvalue weighted by Crippen LogP contribution is -2.30. The van der Waals surface area contributed by atoms with Gasteiger partial charge >= 0.3 is 0 Å². The monoisotopic (exact) mass is 251 g/mol. The average Bonchev–Trinajstić information content (AvgIpc) is 2.73. The van der Waals surface area contributed by atoms with E-state index in [0.717, 1.165) is 11.3 Å². The summed E-state index contributed by atoms with van der Waals surface area (Å²) in [7, 11) is 1.88. The maximum atomic E-state index is 6.09. The summed E-state index contributed by atoms with van der Waals surface area (Å²) in [5.74, 6) is 5.56. The number of nitrogens with one attached hydrogen (secondary N) is 1. The Balaban J connectivity index is 2.20. The molecule has 2 aromatic heterocycles. The van der Waals surface area contributed by atoms with E-state index in [2.05, 4.69) is 15.5 Å². The van der Waals surface area contributed by atoms with E-state index >= 15 is 0 Å². The Morgan fingerprint density at radius 1 is 1.53 bits per heavy atom. The molecule has 0 aliphatic carbocycles. The van der Waals surface area contributed by atoms with Crippen LogP contribution in [-0.4, -0.2) is 14.8 Å². The molecular weight excluding hydrogens is 238 g/mol. The number of aromatic nitrogens is 3. The summed E-state index contributed by atoms with van der Waals surface area (Å²) in [4.78, 5) is 3.95. The van der Waals surface area contributed by atoms with Gasteiger partial charge in [0.25, 0.3) is 0 Å². The van der Waals surface area contributed by atoms with Crippen molar-refractivity contribution < 1.29 is 0 Å². The predicted molar refractivity (Wildman–Crippen MR) is 66.2 cm³/mol. The average molecular weight is 252 g/mol. The molecule has 2 rings (SSSR count). The van der Waals surface area contributed by atoms with Crippen molar-refractivity contribution in [1.82, 2.24) is 20.2 Å². The number of rotatable bonds is 4. The topological polar surface area (TPSA) is 68.8 Å². The highest BCUT2D eigenvalue weighted by Crippen LogP contribution is 2.23. The molecule has 0 aliphatic heterocycles. The van der Waals surface area contributed by atoms with Crippen molar-refractivity contribution in [2.75, 3.05) is 0 Å². The summed E-state index contributed by atoms with van der Waals surface area (Å²) in [6.07, 6.45) is 5.89. The fourth-order valence-electron chi connectivity index (χ4n) is 1.71. The van der Waals surface area contributed by atoms with Gasteiger partial charge in [0.1, 0.15) is 0 Å². The molecule has 0 bridgehead atoms. The third-order valence-corrected chi connectivity index (χ3v) is 2.88. The molecule has 0 amide bonds. The van der Waals surface area contributed by atoms with Gasteiger partial charge in [0.2, 0.25) is 0 Å². The first-order valence-corrected chi connectivity index (χ1v) is 5.62. The third-order valence-electron chi connectivity index (χ3n) is 2.56. The maximum absolute atomic E-state index is 6.09. The zero-order valence-corrected chi connectivity index (χ0v) is 10.2. The van der Waals surface area contributed by atoms with Crippen molar-refractivity contribution in [3.05, 3.63) is 47.0 Å². The normalized spacial score (nSPS) is 12.6. The summed E-state index contributed by atoms with van der Waals surface area (Å²) in [6, 6.07) is 3.75. The number of nitrogens with two attached hydrogens (primary N) is 1. The lowest BCUT2D eigenvalue weighted by molar-refractivity contribution is 0.541. The van der Waals surface area contributed by atoms with Crippen LogP contribution in [0.15, 0.2) is 30.7 Å². The maximum Gasteiger partial charge on any atom is 0.0643 e. The molecule has 5 nitrogen and oxygen atoms in total. The number of nitrogens with zero attached hydrogens (tertiary/aromatic N) is 3. The molecule has 0 saturated heterocycles. The van der Waals surface area contributed by atoms with Crippen LogP contribution in [0.5, 0.6) is 0 Å². The van der Waals surface area contributed by atoms with Crippen molar-refractivity contribution in [3.63, 3.8) is 0 Å². The molecule has 0 aliphatic rings. The lowest BCUT2D eigenvalue weighted by atomic mass is 10.0. The lowest BCUT2D eigenvalue weighted by Gasteiger charge is -2.16. The largest absolute Gasteiger partial charge is 0.276 e. The SMILES string of the molecule is Cn1ccc(CC(NN)c2ccncc2Cl)n1. The molecule has 1 unspecified atom stereocenters. The fourth-order valence-corrected chi connectivity index (χ4v) is 1.96. The number of halogens is 1. The van der Waals surface area contributed by atoms with E-state index in [9.17, 15) is 0 Å². The summed E-state index contributed by atoms with van der Waals surface area (Å²) < 4.78 is 1.76. The minimum Gasteiger partial charge on any atom is -0.276 e. The number of pyridine rings is 1. The molecule has 6 heteroatoms. The molecule has 0 aromatic carbocycles.